The van der Waals surface area contributed by atoms with Gasteiger partial charge in [0, 0.05) is 18.9 Å². The molecule has 1 fully saturated rings. The normalized spacial score (nSPS) is 22.7. The predicted molar refractivity (Wildman–Crippen MR) is 60.7 cm³/mol. The first kappa shape index (κ1) is 11.1. The van der Waals surface area contributed by atoms with E-state index in [4.69, 9.17) is 0 Å². The average molecular weight is 222 g/mol. The van der Waals surface area contributed by atoms with Crippen LogP contribution in [0, 0.1) is 5.92 Å². The highest BCUT2D eigenvalue weighted by Gasteiger charge is 2.22. The number of carbonyl (C=O) groups excluding carboxylic acids is 1. The van der Waals surface area contributed by atoms with Gasteiger partial charge in [-0.2, -0.15) is 0 Å². The third-order valence-corrected chi connectivity index (χ3v) is 2.96. The fourth-order valence-corrected chi connectivity index (χ4v) is 1.99. The lowest BCUT2D eigenvalue weighted by atomic mass is 9.98. The third-order valence-electron chi connectivity index (χ3n) is 2.96. The van der Waals surface area contributed by atoms with E-state index < -0.39 is 0 Å². The van der Waals surface area contributed by atoms with Crippen molar-refractivity contribution < 1.29 is 4.79 Å². The zero-order chi connectivity index (χ0) is 11.4. The van der Waals surface area contributed by atoms with Crippen LogP contribution < -0.4 is 10.6 Å². The third kappa shape index (κ3) is 2.61. The molecule has 5 heteroatoms. The summed E-state index contributed by atoms with van der Waals surface area (Å²) in [5.74, 6) is 1.03. The molecule has 0 spiro atoms. The minimum atomic E-state index is -0.0515. The number of aromatic amines is 1. The summed E-state index contributed by atoms with van der Waals surface area (Å²) in [6.45, 7) is 3.75. The number of nitrogens with zero attached hydrogens (tertiary/aromatic N) is 1. The van der Waals surface area contributed by atoms with Crippen molar-refractivity contribution in [3.05, 3.63) is 18.2 Å². The Morgan fingerprint density at radius 2 is 2.56 bits per heavy atom. The van der Waals surface area contributed by atoms with E-state index in [2.05, 4.69) is 20.6 Å². The Balaban J connectivity index is 1.86. The van der Waals surface area contributed by atoms with Crippen molar-refractivity contribution in [3.8, 4) is 0 Å². The van der Waals surface area contributed by atoms with E-state index in [1.54, 1.807) is 12.4 Å². The Morgan fingerprint density at radius 1 is 1.69 bits per heavy atom. The molecule has 3 N–H and O–H groups in total. The number of carbonyl (C=O) groups is 1. The molecule has 1 aliphatic rings. The van der Waals surface area contributed by atoms with E-state index in [-0.39, 0.29) is 17.9 Å². The van der Waals surface area contributed by atoms with Gasteiger partial charge in [0.1, 0.15) is 5.82 Å². The number of nitrogens with one attached hydrogen (secondary N) is 3. The Labute approximate surface area is 95.0 Å². The van der Waals surface area contributed by atoms with E-state index in [0.717, 1.165) is 31.8 Å². The van der Waals surface area contributed by atoms with Crippen LogP contribution in [0.1, 0.15) is 31.6 Å². The lowest BCUT2D eigenvalue weighted by Gasteiger charge is -2.23. The number of hydrogen-bond acceptors (Lipinski definition) is 3. The van der Waals surface area contributed by atoms with E-state index >= 15 is 0 Å². The van der Waals surface area contributed by atoms with Gasteiger partial charge < -0.3 is 15.6 Å². The Hall–Kier alpha value is -1.36. The van der Waals surface area contributed by atoms with Gasteiger partial charge in [-0.3, -0.25) is 4.79 Å². The monoisotopic (exact) mass is 222 g/mol. The SMILES string of the molecule is CC(NC(=O)[C@H]1CCCNC1)c1ncc[nH]1. The molecule has 5 nitrogen and oxygen atoms in total. The molecule has 1 amide bonds. The first-order valence-electron chi connectivity index (χ1n) is 5.77. The molecule has 0 radical (unpaired) electrons. The highest BCUT2D eigenvalue weighted by atomic mass is 16.2. The highest BCUT2D eigenvalue weighted by molar-refractivity contribution is 5.79. The molecule has 2 atom stereocenters. The van der Waals surface area contributed by atoms with Gasteiger partial charge in [0.25, 0.3) is 0 Å². The first-order chi connectivity index (χ1) is 7.77. The number of aromatic nitrogens is 2. The quantitative estimate of drug-likeness (QED) is 0.701. The van der Waals surface area contributed by atoms with Gasteiger partial charge in [-0.15, -0.1) is 0 Å². The maximum Gasteiger partial charge on any atom is 0.224 e. The minimum Gasteiger partial charge on any atom is -0.347 e. The molecular formula is C11H18N4O. The first-order valence-corrected chi connectivity index (χ1v) is 5.77. The average Bonchev–Trinajstić information content (AvgIpc) is 2.83. The van der Waals surface area contributed by atoms with Crippen LogP contribution in [-0.2, 0) is 4.79 Å². The number of rotatable bonds is 3. The van der Waals surface area contributed by atoms with Crippen molar-refractivity contribution in [2.75, 3.05) is 13.1 Å². The van der Waals surface area contributed by atoms with Gasteiger partial charge in [-0.25, -0.2) is 4.98 Å². The topological polar surface area (TPSA) is 69.8 Å². The van der Waals surface area contributed by atoms with Crippen molar-refractivity contribution in [1.82, 2.24) is 20.6 Å². The Morgan fingerprint density at radius 3 is 3.19 bits per heavy atom. The summed E-state index contributed by atoms with van der Waals surface area (Å²) < 4.78 is 0. The van der Waals surface area contributed by atoms with Gasteiger partial charge >= 0.3 is 0 Å². The Bertz CT molecular complexity index is 330. The summed E-state index contributed by atoms with van der Waals surface area (Å²) in [4.78, 5) is 19.0. The number of amides is 1. The van der Waals surface area contributed by atoms with Crippen LogP contribution in [0.5, 0.6) is 0 Å². The maximum atomic E-state index is 11.9. The van der Waals surface area contributed by atoms with Crippen LogP contribution in [0.25, 0.3) is 0 Å². The van der Waals surface area contributed by atoms with E-state index in [1.807, 2.05) is 6.92 Å². The van der Waals surface area contributed by atoms with E-state index in [0.29, 0.717) is 0 Å². The van der Waals surface area contributed by atoms with Crippen LogP contribution in [-0.4, -0.2) is 29.0 Å². The van der Waals surface area contributed by atoms with Crippen molar-refractivity contribution >= 4 is 5.91 Å². The molecule has 0 aromatic carbocycles. The molecule has 1 unspecified atom stereocenters. The largest absolute Gasteiger partial charge is 0.347 e. The summed E-state index contributed by atoms with van der Waals surface area (Å²) in [5, 5.41) is 6.22. The number of imidazole rings is 1. The molecule has 1 aromatic heterocycles. The molecule has 0 saturated carbocycles. The zero-order valence-electron chi connectivity index (χ0n) is 9.49. The van der Waals surface area contributed by atoms with Crippen LogP contribution in [0.15, 0.2) is 12.4 Å². The smallest absolute Gasteiger partial charge is 0.224 e. The summed E-state index contributed by atoms with van der Waals surface area (Å²) >= 11 is 0. The van der Waals surface area contributed by atoms with E-state index in [1.165, 1.54) is 0 Å². The van der Waals surface area contributed by atoms with Crippen molar-refractivity contribution in [3.63, 3.8) is 0 Å². The molecule has 0 bridgehead atoms. The fourth-order valence-electron chi connectivity index (χ4n) is 1.99. The lowest BCUT2D eigenvalue weighted by Crippen LogP contribution is -2.41. The molecule has 88 valence electrons. The van der Waals surface area contributed by atoms with Gasteiger partial charge in [0.2, 0.25) is 5.91 Å². The fraction of sp³-hybridized carbons (Fsp3) is 0.636. The van der Waals surface area contributed by atoms with E-state index in [9.17, 15) is 4.79 Å². The van der Waals surface area contributed by atoms with Crippen molar-refractivity contribution in [2.24, 2.45) is 5.92 Å². The summed E-state index contributed by atoms with van der Waals surface area (Å²) in [7, 11) is 0. The molecule has 1 aromatic rings. The molecule has 0 aliphatic carbocycles. The molecule has 1 saturated heterocycles. The maximum absolute atomic E-state index is 11.9. The Kier molecular flexibility index (Phi) is 3.56. The van der Waals surface area contributed by atoms with Crippen molar-refractivity contribution in [1.29, 1.82) is 0 Å². The van der Waals surface area contributed by atoms with Crippen LogP contribution in [0.2, 0.25) is 0 Å². The number of hydrogen-bond donors (Lipinski definition) is 3. The second-order valence-electron chi connectivity index (χ2n) is 4.25. The number of H-pyrrole nitrogens is 1. The zero-order valence-corrected chi connectivity index (χ0v) is 9.49. The van der Waals surface area contributed by atoms with Crippen LogP contribution >= 0.6 is 0 Å². The van der Waals surface area contributed by atoms with Gasteiger partial charge in [0.05, 0.1) is 12.0 Å². The summed E-state index contributed by atoms with van der Waals surface area (Å²) in [6.07, 6.45) is 5.51. The lowest BCUT2D eigenvalue weighted by molar-refractivity contribution is -0.126. The van der Waals surface area contributed by atoms with Crippen LogP contribution in [0.3, 0.4) is 0 Å². The van der Waals surface area contributed by atoms with Crippen molar-refractivity contribution in [2.45, 2.75) is 25.8 Å². The van der Waals surface area contributed by atoms with Gasteiger partial charge in [-0.05, 0) is 26.3 Å². The molecule has 1 aliphatic heterocycles. The number of piperidine rings is 1. The summed E-state index contributed by atoms with van der Waals surface area (Å²) in [6, 6.07) is -0.0515. The molecule has 2 heterocycles. The molecule has 16 heavy (non-hydrogen) atoms. The highest BCUT2D eigenvalue weighted by Crippen LogP contribution is 2.12. The molecule has 2 rings (SSSR count). The van der Waals surface area contributed by atoms with Crippen LogP contribution in [0.4, 0.5) is 0 Å². The standard InChI is InChI=1S/C11H18N4O/c1-8(10-13-5-6-14-10)15-11(16)9-3-2-4-12-7-9/h5-6,8-9,12H,2-4,7H2,1H3,(H,13,14)(H,15,16)/t8?,9-/m0/s1. The van der Waals surface area contributed by atoms with Gasteiger partial charge in [-0.1, -0.05) is 0 Å². The second-order valence-corrected chi connectivity index (χ2v) is 4.25. The summed E-state index contributed by atoms with van der Waals surface area (Å²) in [5.41, 5.74) is 0. The molecular weight excluding hydrogens is 204 g/mol. The predicted octanol–water partition coefficient (Wildman–Crippen LogP) is 0.586. The van der Waals surface area contributed by atoms with Gasteiger partial charge in [0.15, 0.2) is 0 Å². The second kappa shape index (κ2) is 5.12. The minimum absolute atomic E-state index is 0.0515.